The normalized spacial score (nSPS) is 11.0. The number of guanidine groups is 1. The molecule has 0 aliphatic carbocycles. The fraction of sp³-hybridized carbons (Fsp3) is 0.211. The van der Waals surface area contributed by atoms with Gasteiger partial charge >= 0.3 is 0 Å². The van der Waals surface area contributed by atoms with Gasteiger partial charge in [-0.1, -0.05) is 48.5 Å². The number of nitrogens with two attached hydrogens (primary N) is 1. The number of aryl methyl sites for hydroxylation is 1. The van der Waals surface area contributed by atoms with E-state index < -0.39 is 0 Å². The SMILES string of the molecule is Cc1nc(-c2cccc(CN=C(N)NCCc3ccccc3)c2)n[nH]1.I. The number of hydrogen-bond donors (Lipinski definition) is 3. The molecular formula is C19H23IN6. The average molecular weight is 462 g/mol. The van der Waals surface area contributed by atoms with Crippen molar-refractivity contribution < 1.29 is 0 Å². The van der Waals surface area contributed by atoms with Gasteiger partial charge in [-0.2, -0.15) is 5.10 Å². The lowest BCUT2D eigenvalue weighted by Gasteiger charge is -2.06. The third-order valence-electron chi connectivity index (χ3n) is 3.78. The van der Waals surface area contributed by atoms with Gasteiger partial charge in [0.25, 0.3) is 0 Å². The van der Waals surface area contributed by atoms with Crippen LogP contribution in [0.25, 0.3) is 11.4 Å². The summed E-state index contributed by atoms with van der Waals surface area (Å²) in [5.41, 5.74) is 9.25. The van der Waals surface area contributed by atoms with Gasteiger partial charge in [0.2, 0.25) is 0 Å². The summed E-state index contributed by atoms with van der Waals surface area (Å²) in [5, 5.41) is 10.2. The summed E-state index contributed by atoms with van der Waals surface area (Å²) < 4.78 is 0. The molecule has 0 aliphatic rings. The number of hydrogen-bond acceptors (Lipinski definition) is 3. The number of benzene rings is 2. The molecule has 0 unspecified atom stereocenters. The Morgan fingerprint density at radius 1 is 1.12 bits per heavy atom. The molecule has 1 heterocycles. The van der Waals surface area contributed by atoms with Gasteiger partial charge in [0, 0.05) is 12.1 Å². The zero-order valence-electron chi connectivity index (χ0n) is 14.6. The second-order valence-electron chi connectivity index (χ2n) is 5.81. The number of aliphatic imine (C=N–C) groups is 1. The molecule has 7 heteroatoms. The molecule has 0 spiro atoms. The number of nitrogens with one attached hydrogen (secondary N) is 2. The summed E-state index contributed by atoms with van der Waals surface area (Å²) in [4.78, 5) is 8.75. The van der Waals surface area contributed by atoms with Crippen molar-refractivity contribution in [2.75, 3.05) is 6.54 Å². The molecular weight excluding hydrogens is 439 g/mol. The van der Waals surface area contributed by atoms with Crippen molar-refractivity contribution in [2.24, 2.45) is 10.7 Å². The molecule has 4 N–H and O–H groups in total. The van der Waals surface area contributed by atoms with Crippen molar-refractivity contribution in [3.05, 3.63) is 71.5 Å². The van der Waals surface area contributed by atoms with E-state index in [1.165, 1.54) is 5.56 Å². The van der Waals surface area contributed by atoms with E-state index in [1.54, 1.807) is 0 Å². The van der Waals surface area contributed by atoms with Crippen molar-refractivity contribution in [3.63, 3.8) is 0 Å². The predicted octanol–water partition coefficient (Wildman–Crippen LogP) is 3.05. The number of rotatable bonds is 6. The molecule has 0 atom stereocenters. The molecule has 0 amide bonds. The Bertz CT molecular complexity index is 844. The van der Waals surface area contributed by atoms with E-state index in [-0.39, 0.29) is 24.0 Å². The second kappa shape index (κ2) is 9.91. The van der Waals surface area contributed by atoms with Gasteiger partial charge < -0.3 is 11.1 Å². The summed E-state index contributed by atoms with van der Waals surface area (Å²) in [6.45, 7) is 3.16. The highest BCUT2D eigenvalue weighted by Gasteiger charge is 2.04. The minimum Gasteiger partial charge on any atom is -0.370 e. The van der Waals surface area contributed by atoms with Gasteiger partial charge in [-0.25, -0.2) is 9.98 Å². The van der Waals surface area contributed by atoms with Crippen LogP contribution < -0.4 is 11.1 Å². The molecule has 3 aromatic rings. The van der Waals surface area contributed by atoms with E-state index in [0.29, 0.717) is 18.3 Å². The largest absolute Gasteiger partial charge is 0.370 e. The molecule has 0 aliphatic heterocycles. The van der Waals surface area contributed by atoms with Gasteiger partial charge in [0.05, 0.1) is 6.54 Å². The lowest BCUT2D eigenvalue weighted by Crippen LogP contribution is -2.33. The van der Waals surface area contributed by atoms with Crippen LogP contribution in [-0.2, 0) is 13.0 Å². The third kappa shape index (κ3) is 5.83. The molecule has 2 aromatic carbocycles. The molecule has 136 valence electrons. The third-order valence-corrected chi connectivity index (χ3v) is 3.78. The van der Waals surface area contributed by atoms with Crippen LogP contribution in [0.2, 0.25) is 0 Å². The predicted molar refractivity (Wildman–Crippen MR) is 115 cm³/mol. The Balaban J connectivity index is 0.00000243. The van der Waals surface area contributed by atoms with E-state index >= 15 is 0 Å². The number of H-pyrrole nitrogens is 1. The monoisotopic (exact) mass is 462 g/mol. The highest BCUT2D eigenvalue weighted by Crippen LogP contribution is 2.16. The van der Waals surface area contributed by atoms with Crippen LogP contribution in [0.3, 0.4) is 0 Å². The van der Waals surface area contributed by atoms with Gasteiger partial charge in [-0.3, -0.25) is 5.10 Å². The molecule has 1 aromatic heterocycles. The maximum absolute atomic E-state index is 5.95. The quantitative estimate of drug-likeness (QED) is 0.298. The maximum Gasteiger partial charge on any atom is 0.188 e. The van der Waals surface area contributed by atoms with Crippen LogP contribution in [0.15, 0.2) is 59.6 Å². The van der Waals surface area contributed by atoms with E-state index in [2.05, 4.69) is 37.6 Å². The Morgan fingerprint density at radius 3 is 2.62 bits per heavy atom. The van der Waals surface area contributed by atoms with Crippen LogP contribution in [0, 0.1) is 6.92 Å². The van der Waals surface area contributed by atoms with Crippen LogP contribution in [-0.4, -0.2) is 27.7 Å². The van der Waals surface area contributed by atoms with E-state index in [1.807, 2.05) is 49.4 Å². The average Bonchev–Trinajstić information content (AvgIpc) is 3.08. The molecule has 0 fully saturated rings. The highest BCUT2D eigenvalue weighted by molar-refractivity contribution is 14.0. The smallest absolute Gasteiger partial charge is 0.188 e. The Kier molecular flexibility index (Phi) is 7.58. The molecule has 6 nitrogen and oxygen atoms in total. The second-order valence-corrected chi connectivity index (χ2v) is 5.81. The van der Waals surface area contributed by atoms with Crippen LogP contribution in [0.5, 0.6) is 0 Å². The number of aromatic amines is 1. The van der Waals surface area contributed by atoms with Crippen molar-refractivity contribution in [1.82, 2.24) is 20.5 Å². The first-order valence-corrected chi connectivity index (χ1v) is 8.27. The lowest BCUT2D eigenvalue weighted by atomic mass is 10.1. The van der Waals surface area contributed by atoms with Crippen LogP contribution in [0.1, 0.15) is 17.0 Å². The summed E-state index contributed by atoms with van der Waals surface area (Å²) >= 11 is 0. The van der Waals surface area contributed by atoms with Gasteiger partial charge in [-0.15, -0.1) is 24.0 Å². The Hall–Kier alpha value is -2.42. The van der Waals surface area contributed by atoms with Gasteiger partial charge in [0.15, 0.2) is 11.8 Å². The van der Waals surface area contributed by atoms with Crippen molar-refractivity contribution >= 4 is 29.9 Å². The molecule has 0 saturated heterocycles. The van der Waals surface area contributed by atoms with Crippen molar-refractivity contribution in [2.45, 2.75) is 19.9 Å². The van der Waals surface area contributed by atoms with Crippen LogP contribution >= 0.6 is 24.0 Å². The first-order valence-electron chi connectivity index (χ1n) is 8.27. The molecule has 3 rings (SSSR count). The summed E-state index contributed by atoms with van der Waals surface area (Å²) in [6, 6.07) is 18.3. The minimum atomic E-state index is 0. The standard InChI is InChI=1S/C19H22N6.HI/c1-14-23-18(25-24-14)17-9-5-8-16(12-17)13-22-19(20)21-11-10-15-6-3-2-4-7-15;/h2-9,12H,10-11,13H2,1H3,(H3,20,21,22)(H,23,24,25);1H. The first kappa shape index (κ1) is 19.9. The first-order chi connectivity index (χ1) is 12.2. The maximum atomic E-state index is 5.95. The minimum absolute atomic E-state index is 0. The zero-order valence-corrected chi connectivity index (χ0v) is 17.0. The van der Waals surface area contributed by atoms with Gasteiger partial charge in [-0.05, 0) is 30.5 Å². The van der Waals surface area contributed by atoms with E-state index in [0.717, 1.165) is 29.9 Å². The Labute approximate surface area is 170 Å². The zero-order chi connectivity index (χ0) is 17.5. The number of nitrogens with zero attached hydrogens (tertiary/aromatic N) is 3. The number of halogens is 1. The summed E-state index contributed by atoms with van der Waals surface area (Å²) in [5.74, 6) is 1.94. The molecule has 0 radical (unpaired) electrons. The fourth-order valence-electron chi connectivity index (χ4n) is 2.49. The summed E-state index contributed by atoms with van der Waals surface area (Å²) in [6.07, 6.45) is 0.913. The fourth-order valence-corrected chi connectivity index (χ4v) is 2.49. The molecule has 0 bridgehead atoms. The van der Waals surface area contributed by atoms with Crippen molar-refractivity contribution in [1.29, 1.82) is 0 Å². The Morgan fingerprint density at radius 2 is 1.88 bits per heavy atom. The van der Waals surface area contributed by atoms with Gasteiger partial charge in [0.1, 0.15) is 5.82 Å². The molecule has 26 heavy (non-hydrogen) atoms. The topological polar surface area (TPSA) is 92.0 Å². The molecule has 0 saturated carbocycles. The van der Waals surface area contributed by atoms with Crippen molar-refractivity contribution in [3.8, 4) is 11.4 Å². The van der Waals surface area contributed by atoms with Crippen LogP contribution in [0.4, 0.5) is 0 Å². The van der Waals surface area contributed by atoms with E-state index in [9.17, 15) is 0 Å². The number of aromatic nitrogens is 3. The highest BCUT2D eigenvalue weighted by atomic mass is 127. The van der Waals surface area contributed by atoms with E-state index in [4.69, 9.17) is 5.73 Å². The summed E-state index contributed by atoms with van der Waals surface area (Å²) in [7, 11) is 0. The lowest BCUT2D eigenvalue weighted by molar-refractivity contribution is 0.848.